The van der Waals surface area contributed by atoms with Gasteiger partial charge in [0.1, 0.15) is 0 Å². The van der Waals surface area contributed by atoms with Crippen LogP contribution in [0.5, 0.6) is 0 Å². The highest BCUT2D eigenvalue weighted by molar-refractivity contribution is 5.74. The molecule has 3 nitrogen and oxygen atoms in total. The average molecular weight is 300 g/mol. The zero-order valence-electron chi connectivity index (χ0n) is 13.7. The lowest BCUT2D eigenvalue weighted by Crippen LogP contribution is -2.41. The highest BCUT2D eigenvalue weighted by Gasteiger charge is 2.18. The van der Waals surface area contributed by atoms with Crippen molar-refractivity contribution >= 4 is 6.03 Å². The molecule has 1 aliphatic heterocycles. The molecule has 0 spiro atoms. The van der Waals surface area contributed by atoms with Gasteiger partial charge >= 0.3 is 6.03 Å². The van der Waals surface area contributed by atoms with Crippen LogP contribution in [-0.4, -0.2) is 24.0 Å². The molecule has 1 heterocycles. The van der Waals surface area contributed by atoms with E-state index in [1.54, 1.807) is 0 Å². The third-order valence-electron chi connectivity index (χ3n) is 5.11. The van der Waals surface area contributed by atoms with Crippen molar-refractivity contribution in [3.8, 4) is 0 Å². The summed E-state index contributed by atoms with van der Waals surface area (Å²) in [6, 6.07) is 6.95. The third-order valence-corrected chi connectivity index (χ3v) is 5.11. The zero-order chi connectivity index (χ0) is 15.4. The highest BCUT2D eigenvalue weighted by atomic mass is 16.2. The molecule has 0 radical (unpaired) electrons. The largest absolute Gasteiger partial charge is 0.331 e. The fourth-order valence-corrected chi connectivity index (χ4v) is 3.66. The Balaban J connectivity index is 1.63. The van der Waals surface area contributed by atoms with Crippen LogP contribution in [0.1, 0.15) is 68.2 Å². The van der Waals surface area contributed by atoms with Crippen molar-refractivity contribution in [3.05, 3.63) is 34.9 Å². The molecule has 0 saturated carbocycles. The second-order valence-electron chi connectivity index (χ2n) is 6.81. The summed E-state index contributed by atoms with van der Waals surface area (Å²) in [5.41, 5.74) is 4.23. The van der Waals surface area contributed by atoms with Crippen LogP contribution in [0.4, 0.5) is 4.79 Å². The maximum atomic E-state index is 12.4. The molecule has 1 aromatic rings. The minimum atomic E-state index is 0.0861. The average Bonchev–Trinajstić information content (AvgIpc) is 2.83. The molecule has 3 heteroatoms. The van der Waals surface area contributed by atoms with Gasteiger partial charge < -0.3 is 10.2 Å². The van der Waals surface area contributed by atoms with Crippen LogP contribution in [0.3, 0.4) is 0 Å². The molecular formula is C19H28N2O. The fraction of sp³-hybridized carbons (Fsp3) is 0.632. The Morgan fingerprint density at radius 3 is 2.41 bits per heavy atom. The van der Waals surface area contributed by atoms with Gasteiger partial charge in [-0.05, 0) is 62.1 Å². The van der Waals surface area contributed by atoms with Crippen LogP contribution < -0.4 is 5.32 Å². The summed E-state index contributed by atoms with van der Waals surface area (Å²) in [5.74, 6) is 0. The second kappa shape index (κ2) is 7.17. The fourth-order valence-electron chi connectivity index (χ4n) is 3.66. The van der Waals surface area contributed by atoms with Crippen molar-refractivity contribution in [1.29, 1.82) is 0 Å². The van der Waals surface area contributed by atoms with Gasteiger partial charge in [-0.15, -0.1) is 0 Å². The Morgan fingerprint density at radius 1 is 1.00 bits per heavy atom. The SMILES string of the molecule is CC(NC(=O)N1CCCCCC1)c1ccc2c(c1)CCCC2. The van der Waals surface area contributed by atoms with Gasteiger partial charge in [-0.1, -0.05) is 31.0 Å². The number of nitrogens with zero attached hydrogens (tertiary/aromatic N) is 1. The van der Waals surface area contributed by atoms with Gasteiger partial charge in [-0.2, -0.15) is 0 Å². The van der Waals surface area contributed by atoms with Crippen molar-refractivity contribution in [2.75, 3.05) is 13.1 Å². The molecule has 2 aliphatic rings. The lowest BCUT2D eigenvalue weighted by Gasteiger charge is -2.25. The van der Waals surface area contributed by atoms with E-state index in [0.717, 1.165) is 25.9 Å². The summed E-state index contributed by atoms with van der Waals surface area (Å²) >= 11 is 0. The van der Waals surface area contributed by atoms with E-state index in [0.29, 0.717) is 0 Å². The first-order valence-corrected chi connectivity index (χ1v) is 8.91. The number of amides is 2. The summed E-state index contributed by atoms with van der Waals surface area (Å²) in [4.78, 5) is 14.4. The number of benzene rings is 1. The Kier molecular flexibility index (Phi) is 5.01. The summed E-state index contributed by atoms with van der Waals surface area (Å²) in [5, 5.41) is 3.19. The molecule has 3 rings (SSSR count). The van der Waals surface area contributed by atoms with Crippen molar-refractivity contribution in [3.63, 3.8) is 0 Å². The van der Waals surface area contributed by atoms with E-state index in [4.69, 9.17) is 0 Å². The molecule has 1 aliphatic carbocycles. The Morgan fingerprint density at radius 2 is 1.68 bits per heavy atom. The van der Waals surface area contributed by atoms with E-state index in [2.05, 4.69) is 30.4 Å². The molecule has 1 unspecified atom stereocenters. The number of rotatable bonds is 2. The van der Waals surface area contributed by atoms with Crippen molar-refractivity contribution in [2.45, 2.75) is 64.3 Å². The number of nitrogens with one attached hydrogen (secondary N) is 1. The molecule has 0 bridgehead atoms. The molecule has 1 N–H and O–H groups in total. The van der Waals surface area contributed by atoms with E-state index >= 15 is 0 Å². The Labute approximate surface area is 134 Å². The molecular weight excluding hydrogens is 272 g/mol. The molecule has 1 fully saturated rings. The van der Waals surface area contributed by atoms with Crippen molar-refractivity contribution < 1.29 is 4.79 Å². The number of urea groups is 1. The number of hydrogen-bond acceptors (Lipinski definition) is 1. The Bertz CT molecular complexity index is 518. The van der Waals surface area contributed by atoms with Crippen molar-refractivity contribution in [2.24, 2.45) is 0 Å². The van der Waals surface area contributed by atoms with Crippen LogP contribution in [0.2, 0.25) is 0 Å². The Hall–Kier alpha value is -1.51. The van der Waals surface area contributed by atoms with E-state index in [-0.39, 0.29) is 12.1 Å². The zero-order valence-corrected chi connectivity index (χ0v) is 13.7. The van der Waals surface area contributed by atoms with E-state index in [1.807, 2.05) is 4.90 Å². The summed E-state index contributed by atoms with van der Waals surface area (Å²) in [7, 11) is 0. The summed E-state index contributed by atoms with van der Waals surface area (Å²) in [6.07, 6.45) is 9.80. The smallest absolute Gasteiger partial charge is 0.317 e. The number of carbonyl (C=O) groups is 1. The van der Waals surface area contributed by atoms with Gasteiger partial charge in [0, 0.05) is 13.1 Å². The van der Waals surface area contributed by atoms with Crippen LogP contribution in [-0.2, 0) is 12.8 Å². The van der Waals surface area contributed by atoms with Gasteiger partial charge in [0.25, 0.3) is 0 Å². The molecule has 22 heavy (non-hydrogen) atoms. The van der Waals surface area contributed by atoms with Gasteiger partial charge in [0.05, 0.1) is 6.04 Å². The maximum absolute atomic E-state index is 12.4. The van der Waals surface area contributed by atoms with Crippen LogP contribution in [0, 0.1) is 0 Å². The maximum Gasteiger partial charge on any atom is 0.317 e. The highest BCUT2D eigenvalue weighted by Crippen LogP contribution is 2.25. The standard InChI is InChI=1S/C19H28N2O/c1-15(20-19(22)21-12-6-2-3-7-13-21)17-11-10-16-8-4-5-9-18(16)14-17/h10-11,14-15H,2-9,12-13H2,1H3,(H,20,22). The third kappa shape index (κ3) is 3.63. The first-order valence-electron chi connectivity index (χ1n) is 8.91. The first kappa shape index (κ1) is 15.4. The van der Waals surface area contributed by atoms with Gasteiger partial charge in [-0.3, -0.25) is 0 Å². The van der Waals surface area contributed by atoms with E-state index < -0.39 is 0 Å². The number of fused-ring (bicyclic) bond motifs is 1. The number of hydrogen-bond donors (Lipinski definition) is 1. The second-order valence-corrected chi connectivity index (χ2v) is 6.81. The van der Waals surface area contributed by atoms with Crippen LogP contribution >= 0.6 is 0 Å². The van der Waals surface area contributed by atoms with Crippen LogP contribution in [0.25, 0.3) is 0 Å². The van der Waals surface area contributed by atoms with E-state index in [9.17, 15) is 4.79 Å². The van der Waals surface area contributed by atoms with Crippen LogP contribution in [0.15, 0.2) is 18.2 Å². The number of likely N-dealkylation sites (tertiary alicyclic amines) is 1. The van der Waals surface area contributed by atoms with Crippen molar-refractivity contribution in [1.82, 2.24) is 10.2 Å². The summed E-state index contributed by atoms with van der Waals surface area (Å²) in [6.45, 7) is 3.91. The molecule has 1 atom stereocenters. The number of carbonyl (C=O) groups excluding carboxylic acids is 1. The molecule has 1 aromatic carbocycles. The minimum absolute atomic E-state index is 0.0861. The predicted molar refractivity (Wildman–Crippen MR) is 90.1 cm³/mol. The van der Waals surface area contributed by atoms with Gasteiger partial charge in [0.2, 0.25) is 0 Å². The molecule has 1 saturated heterocycles. The lowest BCUT2D eigenvalue weighted by atomic mass is 9.89. The quantitative estimate of drug-likeness (QED) is 0.871. The lowest BCUT2D eigenvalue weighted by molar-refractivity contribution is 0.196. The van der Waals surface area contributed by atoms with Gasteiger partial charge in [-0.25, -0.2) is 4.79 Å². The van der Waals surface area contributed by atoms with Gasteiger partial charge in [0.15, 0.2) is 0 Å². The number of aryl methyl sites for hydroxylation is 2. The summed E-state index contributed by atoms with van der Waals surface area (Å²) < 4.78 is 0. The monoisotopic (exact) mass is 300 g/mol. The van der Waals surface area contributed by atoms with E-state index in [1.165, 1.54) is 55.2 Å². The molecule has 120 valence electrons. The topological polar surface area (TPSA) is 32.3 Å². The first-order chi connectivity index (χ1) is 10.7. The normalized spacial score (nSPS) is 20.0. The molecule has 0 aromatic heterocycles. The predicted octanol–water partition coefficient (Wildman–Crippen LogP) is 4.21. The molecule has 2 amide bonds. The minimum Gasteiger partial charge on any atom is -0.331 e.